The van der Waals surface area contributed by atoms with E-state index in [2.05, 4.69) is 27.7 Å². The molecule has 2 nitrogen and oxygen atoms in total. The van der Waals surface area contributed by atoms with Crippen LogP contribution in [0.15, 0.2) is 0 Å². The van der Waals surface area contributed by atoms with Gasteiger partial charge in [0.05, 0.1) is 0 Å². The van der Waals surface area contributed by atoms with E-state index >= 15 is 0 Å². The summed E-state index contributed by atoms with van der Waals surface area (Å²) in [5.41, 5.74) is 6.93. The van der Waals surface area contributed by atoms with Crippen LogP contribution in [0.2, 0.25) is 17.1 Å². The van der Waals surface area contributed by atoms with Crippen molar-refractivity contribution in [1.29, 1.82) is 0 Å². The van der Waals surface area contributed by atoms with E-state index in [0.717, 1.165) is 13.0 Å². The van der Waals surface area contributed by atoms with E-state index in [1.807, 2.05) is 7.11 Å². The van der Waals surface area contributed by atoms with Crippen LogP contribution in [0.3, 0.4) is 0 Å². The maximum absolute atomic E-state index is 5.85. The van der Waals surface area contributed by atoms with Crippen LogP contribution in [0.4, 0.5) is 0 Å². The van der Waals surface area contributed by atoms with Crippen molar-refractivity contribution in [1.82, 2.24) is 0 Å². The molecule has 0 bridgehead atoms. The summed E-state index contributed by atoms with van der Waals surface area (Å²) >= 11 is 0. The standard InChI is InChI=1S/C10H25NOSi/c1-9(2)13(12-5,10(3)4)8-6-7-11/h9-10H,6-8,11H2,1-5H3. The minimum atomic E-state index is -1.53. The van der Waals surface area contributed by atoms with Crippen molar-refractivity contribution < 1.29 is 4.43 Å². The average molecular weight is 203 g/mol. The lowest BCUT2D eigenvalue weighted by Crippen LogP contribution is -2.44. The van der Waals surface area contributed by atoms with Crippen LogP contribution in [0, 0.1) is 0 Å². The molecule has 0 aromatic heterocycles. The van der Waals surface area contributed by atoms with Crippen LogP contribution < -0.4 is 5.73 Å². The molecule has 2 N–H and O–H groups in total. The fraction of sp³-hybridized carbons (Fsp3) is 1.00. The fourth-order valence-electron chi connectivity index (χ4n) is 2.20. The summed E-state index contributed by atoms with van der Waals surface area (Å²) in [4.78, 5) is 0. The summed E-state index contributed by atoms with van der Waals surface area (Å²) in [5, 5.41) is 0. The molecule has 0 aromatic rings. The molecule has 0 atom stereocenters. The molecule has 0 aliphatic heterocycles. The molecule has 0 aromatic carbocycles. The van der Waals surface area contributed by atoms with Gasteiger partial charge < -0.3 is 10.2 Å². The number of rotatable bonds is 6. The first-order valence-corrected chi connectivity index (χ1v) is 7.53. The first-order valence-electron chi connectivity index (χ1n) is 5.26. The Bertz CT molecular complexity index is 129. The molecule has 0 radical (unpaired) electrons. The van der Waals surface area contributed by atoms with Crippen molar-refractivity contribution >= 4 is 8.32 Å². The van der Waals surface area contributed by atoms with Gasteiger partial charge in [0.2, 0.25) is 0 Å². The summed E-state index contributed by atoms with van der Waals surface area (Å²) < 4.78 is 5.85. The van der Waals surface area contributed by atoms with Crippen LogP contribution >= 0.6 is 0 Å². The SMILES string of the molecule is CO[Si](CCCN)(C(C)C)C(C)C. The highest BCUT2D eigenvalue weighted by molar-refractivity contribution is 6.76. The monoisotopic (exact) mass is 203 g/mol. The molecule has 0 aliphatic carbocycles. The Morgan fingerprint density at radius 3 is 1.85 bits per heavy atom. The molecule has 0 unspecified atom stereocenters. The third-order valence-electron chi connectivity index (χ3n) is 3.11. The smallest absolute Gasteiger partial charge is 0.197 e. The Morgan fingerprint density at radius 1 is 1.15 bits per heavy atom. The normalized spacial score (nSPS) is 12.9. The summed E-state index contributed by atoms with van der Waals surface area (Å²) in [6.45, 7) is 9.93. The highest BCUT2D eigenvalue weighted by Gasteiger charge is 2.40. The van der Waals surface area contributed by atoms with Gasteiger partial charge in [0.1, 0.15) is 0 Å². The van der Waals surface area contributed by atoms with E-state index in [9.17, 15) is 0 Å². The first kappa shape index (κ1) is 13.1. The van der Waals surface area contributed by atoms with Crippen molar-refractivity contribution in [3.63, 3.8) is 0 Å². The maximum atomic E-state index is 5.85. The van der Waals surface area contributed by atoms with Crippen molar-refractivity contribution in [2.24, 2.45) is 5.73 Å². The first-order chi connectivity index (χ1) is 6.01. The second-order valence-corrected chi connectivity index (χ2v) is 9.49. The Hall–Kier alpha value is 0.137. The van der Waals surface area contributed by atoms with Gasteiger partial charge in [0, 0.05) is 7.11 Å². The third kappa shape index (κ3) is 3.08. The van der Waals surface area contributed by atoms with Crippen LogP contribution in [-0.4, -0.2) is 22.0 Å². The summed E-state index contributed by atoms with van der Waals surface area (Å²) in [5.74, 6) is 0. The molecule has 80 valence electrons. The predicted octanol–water partition coefficient (Wildman–Crippen LogP) is 2.75. The Labute approximate surface area is 84.0 Å². The lowest BCUT2D eigenvalue weighted by Gasteiger charge is -2.37. The quantitative estimate of drug-likeness (QED) is 0.674. The van der Waals surface area contributed by atoms with Gasteiger partial charge in [-0.05, 0) is 30.1 Å². The largest absolute Gasteiger partial charge is 0.419 e. The van der Waals surface area contributed by atoms with Gasteiger partial charge in [0.25, 0.3) is 0 Å². The van der Waals surface area contributed by atoms with Crippen molar-refractivity contribution in [2.45, 2.75) is 51.2 Å². The van der Waals surface area contributed by atoms with E-state index < -0.39 is 8.32 Å². The molecule has 0 saturated carbocycles. The second kappa shape index (κ2) is 5.78. The lowest BCUT2D eigenvalue weighted by atomic mass is 10.5. The maximum Gasteiger partial charge on any atom is 0.197 e. The highest BCUT2D eigenvalue weighted by Crippen LogP contribution is 2.36. The van der Waals surface area contributed by atoms with Crippen molar-refractivity contribution in [2.75, 3.05) is 13.7 Å². The molecule has 0 spiro atoms. The molecule has 0 heterocycles. The molecule has 0 fully saturated rings. The molecular weight excluding hydrogens is 178 g/mol. The second-order valence-electron chi connectivity index (χ2n) is 4.36. The number of nitrogens with two attached hydrogens (primary N) is 1. The minimum Gasteiger partial charge on any atom is -0.419 e. The van der Waals surface area contributed by atoms with Crippen LogP contribution in [0.5, 0.6) is 0 Å². The van der Waals surface area contributed by atoms with Crippen LogP contribution in [0.25, 0.3) is 0 Å². The van der Waals surface area contributed by atoms with Gasteiger partial charge in [0.15, 0.2) is 8.32 Å². The Morgan fingerprint density at radius 2 is 1.62 bits per heavy atom. The van der Waals surface area contributed by atoms with Gasteiger partial charge in [-0.2, -0.15) is 0 Å². The zero-order valence-electron chi connectivity index (χ0n) is 9.76. The molecule has 0 amide bonds. The van der Waals surface area contributed by atoms with Crippen molar-refractivity contribution in [3.05, 3.63) is 0 Å². The molecule has 3 heteroatoms. The molecule has 0 aliphatic rings. The predicted molar refractivity (Wildman–Crippen MR) is 61.4 cm³/mol. The van der Waals surface area contributed by atoms with E-state index in [-0.39, 0.29) is 0 Å². The van der Waals surface area contributed by atoms with Gasteiger partial charge in [-0.1, -0.05) is 27.7 Å². The third-order valence-corrected chi connectivity index (χ3v) is 8.91. The van der Waals surface area contributed by atoms with Gasteiger partial charge >= 0.3 is 0 Å². The lowest BCUT2D eigenvalue weighted by molar-refractivity contribution is 0.368. The number of hydrogen-bond acceptors (Lipinski definition) is 2. The average Bonchev–Trinajstić information content (AvgIpc) is 2.05. The molecular formula is C10H25NOSi. The summed E-state index contributed by atoms with van der Waals surface area (Å²) in [7, 11) is 0.353. The Balaban J connectivity index is 4.45. The zero-order valence-corrected chi connectivity index (χ0v) is 10.8. The van der Waals surface area contributed by atoms with E-state index in [0.29, 0.717) is 11.1 Å². The highest BCUT2D eigenvalue weighted by atomic mass is 28.4. The topological polar surface area (TPSA) is 35.2 Å². The van der Waals surface area contributed by atoms with Crippen LogP contribution in [0.1, 0.15) is 34.1 Å². The zero-order chi connectivity index (χ0) is 10.5. The van der Waals surface area contributed by atoms with Gasteiger partial charge in [-0.15, -0.1) is 0 Å². The summed E-state index contributed by atoms with van der Waals surface area (Å²) in [6, 6.07) is 1.20. The molecule has 13 heavy (non-hydrogen) atoms. The Kier molecular flexibility index (Phi) is 5.84. The fourth-order valence-corrected chi connectivity index (χ4v) is 6.59. The van der Waals surface area contributed by atoms with Crippen molar-refractivity contribution in [3.8, 4) is 0 Å². The van der Waals surface area contributed by atoms with E-state index in [4.69, 9.17) is 10.2 Å². The number of hydrogen-bond donors (Lipinski definition) is 1. The van der Waals surface area contributed by atoms with E-state index in [1.54, 1.807) is 0 Å². The minimum absolute atomic E-state index is 0.684. The van der Waals surface area contributed by atoms with Gasteiger partial charge in [-0.25, -0.2) is 0 Å². The molecule has 0 saturated heterocycles. The summed E-state index contributed by atoms with van der Waals surface area (Å²) in [6.07, 6.45) is 1.11. The van der Waals surface area contributed by atoms with E-state index in [1.165, 1.54) is 6.04 Å². The molecule has 0 rings (SSSR count). The van der Waals surface area contributed by atoms with Crippen LogP contribution in [-0.2, 0) is 4.43 Å². The van der Waals surface area contributed by atoms with Gasteiger partial charge in [-0.3, -0.25) is 0 Å².